The molecule has 54 heavy (non-hydrogen) atoms. The van der Waals surface area contributed by atoms with Gasteiger partial charge in [0.15, 0.2) is 5.78 Å². The summed E-state index contributed by atoms with van der Waals surface area (Å²) in [7, 11) is 5.63. The molecule has 2 saturated carbocycles. The molecular weight excluding hydrogens is 725 g/mol. The van der Waals surface area contributed by atoms with E-state index in [1.165, 1.54) is 5.57 Å². The molecule has 0 aromatic rings. The largest absolute Gasteiger partial charge is 0.462 e. The lowest BCUT2D eigenvalue weighted by Crippen LogP contribution is -2.76. The van der Waals surface area contributed by atoms with Crippen molar-refractivity contribution in [2.75, 3.05) is 19.3 Å². The summed E-state index contributed by atoms with van der Waals surface area (Å²) in [6.07, 6.45) is 13.2. The number of carbonyl (C=O) groups excluding carboxylic acids is 4. The highest BCUT2D eigenvalue weighted by molar-refractivity contribution is 8.77. The van der Waals surface area contributed by atoms with Gasteiger partial charge in [-0.05, 0) is 89.7 Å². The predicted octanol–water partition coefficient (Wildman–Crippen LogP) is 4.07. The Hall–Kier alpha value is -2.16. The van der Waals surface area contributed by atoms with E-state index < -0.39 is 11.2 Å². The Kier molecular flexibility index (Phi) is 9.73. The van der Waals surface area contributed by atoms with Crippen molar-refractivity contribution >= 4 is 45.2 Å². The van der Waals surface area contributed by atoms with E-state index in [2.05, 4.69) is 28.5 Å². The van der Waals surface area contributed by atoms with Gasteiger partial charge in [0.2, 0.25) is 5.91 Å². The molecule has 1 spiro atoms. The summed E-state index contributed by atoms with van der Waals surface area (Å²) in [5.74, 6) is 1.03. The third-order valence-electron chi connectivity index (χ3n) is 15.3. The first kappa shape index (κ1) is 37.4. The van der Waals surface area contributed by atoms with Crippen LogP contribution in [0.2, 0.25) is 0 Å². The first-order valence-corrected chi connectivity index (χ1v) is 22.7. The summed E-state index contributed by atoms with van der Waals surface area (Å²) >= 11 is 0. The molecule has 9 aliphatic rings. The van der Waals surface area contributed by atoms with Crippen LogP contribution in [0, 0.1) is 41.4 Å². The molecular formula is C41H56N4O7S2. The molecule has 13 heteroatoms. The molecule has 16 atom stereocenters. The molecule has 2 bridgehead atoms. The molecule has 9 rings (SSSR count). The molecule has 5 saturated heterocycles. The zero-order chi connectivity index (χ0) is 37.7. The van der Waals surface area contributed by atoms with E-state index in [1.807, 2.05) is 41.6 Å². The number of nitrogens with two attached hydrogens (primary N) is 1. The Morgan fingerprint density at radius 3 is 2.78 bits per heavy atom. The fourth-order valence-electron chi connectivity index (χ4n) is 12.6. The fourth-order valence-corrected chi connectivity index (χ4v) is 15.7. The monoisotopic (exact) mass is 780 g/mol. The second kappa shape index (κ2) is 14.0. The summed E-state index contributed by atoms with van der Waals surface area (Å²) < 4.78 is 20.2. The van der Waals surface area contributed by atoms with Crippen LogP contribution in [0.4, 0.5) is 0 Å². The molecule has 11 nitrogen and oxygen atoms in total. The Labute approximate surface area is 326 Å². The van der Waals surface area contributed by atoms with Crippen LogP contribution < -0.4 is 16.4 Å². The zero-order valence-electron chi connectivity index (χ0n) is 31.9. The number of hydrogen-bond donors (Lipinski definition) is 3. The van der Waals surface area contributed by atoms with Gasteiger partial charge < -0.3 is 35.5 Å². The Morgan fingerprint density at radius 1 is 1.15 bits per heavy atom. The quantitative estimate of drug-likeness (QED) is 0.164. The smallest absolute Gasteiger partial charge is 0.334 e. The van der Waals surface area contributed by atoms with Gasteiger partial charge in [-0.15, -0.1) is 0 Å². The Balaban J connectivity index is 1.13. The van der Waals surface area contributed by atoms with Crippen molar-refractivity contribution in [3.8, 4) is 0 Å². The molecule has 7 unspecified atom stereocenters. The zero-order valence-corrected chi connectivity index (χ0v) is 33.5. The number of nitrogens with zero attached hydrogens (tertiary/aromatic N) is 1. The highest BCUT2D eigenvalue weighted by Crippen LogP contribution is 2.63. The van der Waals surface area contributed by atoms with Crippen LogP contribution in [-0.2, 0) is 33.4 Å². The van der Waals surface area contributed by atoms with Gasteiger partial charge in [0.1, 0.15) is 17.3 Å². The van der Waals surface area contributed by atoms with Crippen LogP contribution in [0.15, 0.2) is 35.5 Å². The van der Waals surface area contributed by atoms with Crippen LogP contribution in [0.25, 0.3) is 0 Å². The van der Waals surface area contributed by atoms with Crippen molar-refractivity contribution in [2.24, 2.45) is 47.2 Å². The SMILES string of the molecule is CC=C(C)C(=O)O[C@@]1(C)CC=C2CSS[C@@H]3C[C@H]4C(=O)C=C[C@H]5[C@H]([C@H]4NC)[C@@H]3N5C(=O)CC3CNC(N)CC3[C@@H]2[C@@]12CC1CC3CCC(=O)OC3CC1O2. The van der Waals surface area contributed by atoms with Crippen molar-refractivity contribution < 1.29 is 33.4 Å². The second-order valence-corrected chi connectivity index (χ2v) is 20.5. The highest BCUT2D eigenvalue weighted by Gasteiger charge is 2.68. The maximum Gasteiger partial charge on any atom is 0.334 e. The van der Waals surface area contributed by atoms with Gasteiger partial charge in [-0.2, -0.15) is 0 Å². The van der Waals surface area contributed by atoms with E-state index in [4.69, 9.17) is 19.9 Å². The third-order valence-corrected chi connectivity index (χ3v) is 18.1. The average Bonchev–Trinajstić information content (AvgIpc) is 3.50. The first-order valence-electron chi connectivity index (χ1n) is 20.4. The number of amides is 1. The van der Waals surface area contributed by atoms with Crippen LogP contribution >= 0.6 is 21.6 Å². The van der Waals surface area contributed by atoms with Gasteiger partial charge in [0.05, 0.1) is 24.4 Å². The summed E-state index contributed by atoms with van der Waals surface area (Å²) in [6, 6.07) is 0.0195. The highest BCUT2D eigenvalue weighted by atomic mass is 33.1. The van der Waals surface area contributed by atoms with E-state index in [0.717, 1.165) is 31.4 Å². The summed E-state index contributed by atoms with van der Waals surface area (Å²) in [4.78, 5) is 56.6. The average molecular weight is 781 g/mol. The molecule has 0 aromatic heterocycles. The molecule has 294 valence electrons. The molecule has 0 radical (unpaired) electrons. The summed E-state index contributed by atoms with van der Waals surface area (Å²) in [5, 5.41) is 7.15. The van der Waals surface area contributed by atoms with Gasteiger partial charge in [-0.25, -0.2) is 4.79 Å². The lowest BCUT2D eigenvalue weighted by atomic mass is 9.56. The van der Waals surface area contributed by atoms with Crippen LogP contribution in [-0.4, -0.2) is 101 Å². The predicted molar refractivity (Wildman–Crippen MR) is 207 cm³/mol. The second-order valence-electron chi connectivity index (χ2n) is 17.9. The number of rotatable bonds is 3. The molecule has 4 N–H and O–H groups in total. The number of nitrogens with one attached hydrogen (secondary N) is 2. The van der Waals surface area contributed by atoms with Crippen LogP contribution in [0.1, 0.15) is 78.6 Å². The molecule has 1 amide bonds. The molecule has 0 aromatic carbocycles. The topological polar surface area (TPSA) is 149 Å². The number of piperidine rings is 1. The maximum atomic E-state index is 14.8. The number of hydrogen-bond acceptors (Lipinski definition) is 12. The minimum atomic E-state index is -0.982. The van der Waals surface area contributed by atoms with E-state index in [-0.39, 0.29) is 101 Å². The van der Waals surface area contributed by atoms with E-state index in [1.54, 1.807) is 19.1 Å². The van der Waals surface area contributed by atoms with E-state index >= 15 is 0 Å². The molecule has 7 fully saturated rings. The van der Waals surface area contributed by atoms with Crippen LogP contribution in [0.5, 0.6) is 0 Å². The molecule has 4 aliphatic carbocycles. The van der Waals surface area contributed by atoms with Crippen molar-refractivity contribution in [1.82, 2.24) is 15.5 Å². The van der Waals surface area contributed by atoms with Gasteiger partial charge in [-0.3, -0.25) is 14.4 Å². The van der Waals surface area contributed by atoms with Gasteiger partial charge in [0, 0.05) is 72.6 Å². The van der Waals surface area contributed by atoms with Crippen molar-refractivity contribution in [1.29, 1.82) is 0 Å². The molecule has 5 heterocycles. The fraction of sp³-hybridized carbons (Fsp3) is 0.756. The van der Waals surface area contributed by atoms with E-state index in [0.29, 0.717) is 50.1 Å². The van der Waals surface area contributed by atoms with Gasteiger partial charge >= 0.3 is 11.9 Å². The number of allylic oxidation sites excluding steroid dienone is 2. The standard InChI is InChI=1S/C41H56N4O7S2/c1-5-20(2)39(49)52-40(3)11-10-22-19-53-54-31-14-26-28(46)8-7-27-35(37(26)43-4)38(31)45(27)33(47)13-24-18-44-32(42)15-25(24)36(22)41(40)17-23-12-21-6-9-34(48)50-29(21)16-30(23)51-41/h5,7-8,10,21,23-27,29-32,35-38,43-44H,6,9,11-19,42H2,1-4H3/t21?,23?,24?,25?,26-,27-,29?,30?,31+,32?,35+,36+,37-,38+,40-,41-/m0/s1. The third kappa shape index (κ3) is 5.83. The number of fused-ring (bicyclic) bond motifs is 8. The summed E-state index contributed by atoms with van der Waals surface area (Å²) in [6.45, 7) is 6.32. The van der Waals surface area contributed by atoms with Crippen molar-refractivity contribution in [2.45, 2.75) is 132 Å². The Morgan fingerprint density at radius 2 is 1.98 bits per heavy atom. The minimum Gasteiger partial charge on any atom is -0.462 e. The van der Waals surface area contributed by atoms with E-state index in [9.17, 15) is 19.2 Å². The number of ether oxygens (including phenoxy) is 3. The van der Waals surface area contributed by atoms with Crippen LogP contribution in [0.3, 0.4) is 0 Å². The van der Waals surface area contributed by atoms with Gasteiger partial charge in [0.25, 0.3) is 0 Å². The van der Waals surface area contributed by atoms with Gasteiger partial charge in [-0.1, -0.05) is 45.4 Å². The van der Waals surface area contributed by atoms with Crippen molar-refractivity contribution in [3.63, 3.8) is 0 Å². The number of ketones is 1. The molecule has 5 aliphatic heterocycles. The lowest BCUT2D eigenvalue weighted by Gasteiger charge is -2.62. The normalized spacial score (nSPS) is 48.4. The number of esters is 2. The van der Waals surface area contributed by atoms with Crippen molar-refractivity contribution in [3.05, 3.63) is 35.5 Å². The summed E-state index contributed by atoms with van der Waals surface area (Å²) in [5.41, 5.74) is 6.77. The maximum absolute atomic E-state index is 14.8. The number of carbonyl (C=O) groups is 4. The Bertz CT molecular complexity index is 1690. The lowest BCUT2D eigenvalue weighted by molar-refractivity contribution is -0.229. The first-order chi connectivity index (χ1) is 25.9. The minimum absolute atomic E-state index is 0.0113.